The van der Waals surface area contributed by atoms with E-state index in [0.717, 1.165) is 25.9 Å². The Kier molecular flexibility index (Phi) is 2.96. The van der Waals surface area contributed by atoms with Gasteiger partial charge in [-0.15, -0.1) is 0 Å². The molecule has 0 bridgehead atoms. The van der Waals surface area contributed by atoms with Crippen LogP contribution in [0, 0.1) is 11.3 Å². The molecule has 1 rings (SSSR count). The van der Waals surface area contributed by atoms with E-state index in [-0.39, 0.29) is 5.54 Å². The van der Waals surface area contributed by atoms with E-state index in [1.54, 1.807) is 0 Å². The van der Waals surface area contributed by atoms with Gasteiger partial charge in [0.2, 0.25) is 0 Å². The first-order chi connectivity index (χ1) is 5.91. The van der Waals surface area contributed by atoms with E-state index in [9.17, 15) is 0 Å². The molecule has 1 aliphatic heterocycles. The lowest BCUT2D eigenvalue weighted by atomic mass is 9.81. The van der Waals surface area contributed by atoms with Gasteiger partial charge in [0.15, 0.2) is 0 Å². The maximum atomic E-state index is 7.51. The Balaban J connectivity index is 2.44. The first-order valence-electron chi connectivity index (χ1n) is 5.00. The number of hydrogen-bond acceptors (Lipinski definition) is 2. The van der Waals surface area contributed by atoms with E-state index in [0.29, 0.717) is 11.8 Å². The van der Waals surface area contributed by atoms with Crippen molar-refractivity contribution in [2.75, 3.05) is 13.1 Å². The second-order valence-corrected chi connectivity index (χ2v) is 4.67. The summed E-state index contributed by atoms with van der Waals surface area (Å²) >= 11 is 0. The van der Waals surface area contributed by atoms with Gasteiger partial charge in [-0.1, -0.05) is 0 Å². The van der Waals surface area contributed by atoms with Crippen LogP contribution in [0.5, 0.6) is 0 Å². The molecule has 3 heteroatoms. The van der Waals surface area contributed by atoms with E-state index in [4.69, 9.17) is 11.1 Å². The van der Waals surface area contributed by atoms with Gasteiger partial charge in [0.25, 0.3) is 0 Å². The molecule has 1 fully saturated rings. The van der Waals surface area contributed by atoms with Crippen LogP contribution in [-0.2, 0) is 0 Å². The lowest BCUT2D eigenvalue weighted by Crippen LogP contribution is -2.47. The second-order valence-electron chi connectivity index (χ2n) is 4.67. The van der Waals surface area contributed by atoms with Crippen LogP contribution in [0.15, 0.2) is 0 Å². The minimum atomic E-state index is -0.0535. The number of likely N-dealkylation sites (tertiary alicyclic amines) is 1. The van der Waals surface area contributed by atoms with E-state index in [2.05, 4.69) is 18.7 Å². The zero-order valence-corrected chi connectivity index (χ0v) is 8.93. The third-order valence-corrected chi connectivity index (χ3v) is 3.02. The molecule has 3 nitrogen and oxygen atoms in total. The van der Waals surface area contributed by atoms with Gasteiger partial charge >= 0.3 is 0 Å². The monoisotopic (exact) mass is 183 g/mol. The predicted molar refractivity (Wildman–Crippen MR) is 56.0 cm³/mol. The number of nitrogens with one attached hydrogen (secondary N) is 1. The summed E-state index contributed by atoms with van der Waals surface area (Å²) in [4.78, 5) is 2.13. The average molecular weight is 183 g/mol. The normalized spacial score (nSPS) is 20.5. The first kappa shape index (κ1) is 10.5. The van der Waals surface area contributed by atoms with E-state index in [1.165, 1.54) is 0 Å². The van der Waals surface area contributed by atoms with Crippen molar-refractivity contribution < 1.29 is 0 Å². The van der Waals surface area contributed by atoms with Gasteiger partial charge in [-0.25, -0.2) is 0 Å². The molecule has 0 aliphatic carbocycles. The second kappa shape index (κ2) is 3.66. The maximum Gasteiger partial charge on any atom is 0.0925 e. The molecular weight excluding hydrogens is 162 g/mol. The highest BCUT2D eigenvalue weighted by molar-refractivity contribution is 5.76. The summed E-state index contributed by atoms with van der Waals surface area (Å²) < 4.78 is 0. The van der Waals surface area contributed by atoms with Crippen molar-refractivity contribution in [2.45, 2.75) is 39.2 Å². The van der Waals surface area contributed by atoms with Crippen molar-refractivity contribution in [3.8, 4) is 0 Å². The number of hydrogen-bond donors (Lipinski definition) is 2. The molecule has 1 aliphatic rings. The molecular formula is C10H21N3. The average Bonchev–Trinajstić information content (AvgIpc) is 2.03. The standard InChI is InChI=1S/C10H21N3/c1-8(11)13-6-4-9(5-7-13)10(2,3)12/h9,11H,4-7,12H2,1-3H3. The highest BCUT2D eigenvalue weighted by Gasteiger charge is 2.29. The molecule has 0 saturated carbocycles. The summed E-state index contributed by atoms with van der Waals surface area (Å²) in [7, 11) is 0. The fourth-order valence-corrected chi connectivity index (χ4v) is 1.96. The Morgan fingerprint density at radius 1 is 1.38 bits per heavy atom. The largest absolute Gasteiger partial charge is 0.361 e. The van der Waals surface area contributed by atoms with Crippen LogP contribution in [-0.4, -0.2) is 29.4 Å². The molecule has 0 spiro atoms. The lowest BCUT2D eigenvalue weighted by molar-refractivity contribution is 0.194. The van der Waals surface area contributed by atoms with Crippen molar-refractivity contribution in [2.24, 2.45) is 11.7 Å². The smallest absolute Gasteiger partial charge is 0.0925 e. The lowest BCUT2D eigenvalue weighted by Gasteiger charge is -2.39. The Bertz CT molecular complexity index is 185. The number of nitrogens with zero attached hydrogens (tertiary/aromatic N) is 1. The highest BCUT2D eigenvalue weighted by atomic mass is 15.2. The molecule has 0 aromatic rings. The Morgan fingerprint density at radius 3 is 2.15 bits per heavy atom. The minimum Gasteiger partial charge on any atom is -0.361 e. The third kappa shape index (κ3) is 2.69. The van der Waals surface area contributed by atoms with Crippen LogP contribution in [0.2, 0.25) is 0 Å². The van der Waals surface area contributed by atoms with Gasteiger partial charge in [0, 0.05) is 18.6 Å². The fraction of sp³-hybridized carbons (Fsp3) is 0.900. The van der Waals surface area contributed by atoms with Gasteiger partial charge in [-0.3, -0.25) is 5.41 Å². The van der Waals surface area contributed by atoms with Gasteiger partial charge in [0.05, 0.1) is 5.84 Å². The summed E-state index contributed by atoms with van der Waals surface area (Å²) in [5.74, 6) is 1.30. The van der Waals surface area contributed by atoms with Crippen LogP contribution in [0.25, 0.3) is 0 Å². The van der Waals surface area contributed by atoms with Crippen LogP contribution in [0.3, 0.4) is 0 Å². The molecule has 1 heterocycles. The van der Waals surface area contributed by atoms with E-state index < -0.39 is 0 Å². The van der Waals surface area contributed by atoms with Crippen molar-refractivity contribution in [1.29, 1.82) is 5.41 Å². The Morgan fingerprint density at radius 2 is 1.85 bits per heavy atom. The van der Waals surface area contributed by atoms with Crippen LogP contribution in [0.1, 0.15) is 33.6 Å². The topological polar surface area (TPSA) is 53.1 Å². The minimum absolute atomic E-state index is 0.0535. The molecule has 0 aromatic carbocycles. The molecule has 0 amide bonds. The number of nitrogens with two attached hydrogens (primary N) is 1. The van der Waals surface area contributed by atoms with Crippen molar-refractivity contribution in [1.82, 2.24) is 4.90 Å². The van der Waals surface area contributed by atoms with Crippen LogP contribution in [0.4, 0.5) is 0 Å². The predicted octanol–water partition coefficient (Wildman–Crippen LogP) is 1.43. The molecule has 76 valence electrons. The first-order valence-corrected chi connectivity index (χ1v) is 5.00. The molecule has 13 heavy (non-hydrogen) atoms. The third-order valence-electron chi connectivity index (χ3n) is 3.02. The van der Waals surface area contributed by atoms with Crippen LogP contribution >= 0.6 is 0 Å². The number of rotatable bonds is 1. The SMILES string of the molecule is CC(=N)N1CCC(C(C)(C)N)CC1. The number of amidine groups is 1. The molecule has 0 aromatic heterocycles. The van der Waals surface area contributed by atoms with E-state index in [1.807, 2.05) is 6.92 Å². The Labute approximate surface area is 80.8 Å². The Hall–Kier alpha value is -0.570. The summed E-state index contributed by atoms with van der Waals surface area (Å²) in [6.45, 7) is 8.06. The van der Waals surface area contributed by atoms with E-state index >= 15 is 0 Å². The number of piperidine rings is 1. The van der Waals surface area contributed by atoms with Gasteiger partial charge < -0.3 is 10.6 Å². The molecule has 3 N–H and O–H groups in total. The van der Waals surface area contributed by atoms with Crippen molar-refractivity contribution in [3.05, 3.63) is 0 Å². The summed E-state index contributed by atoms with van der Waals surface area (Å²) in [6.07, 6.45) is 2.25. The molecule has 0 radical (unpaired) electrons. The van der Waals surface area contributed by atoms with Crippen molar-refractivity contribution in [3.63, 3.8) is 0 Å². The van der Waals surface area contributed by atoms with Crippen LogP contribution < -0.4 is 5.73 Å². The summed E-state index contributed by atoms with van der Waals surface area (Å²) in [5.41, 5.74) is 6.01. The van der Waals surface area contributed by atoms with Gasteiger partial charge in [0.1, 0.15) is 0 Å². The maximum absolute atomic E-state index is 7.51. The molecule has 0 atom stereocenters. The zero-order valence-electron chi connectivity index (χ0n) is 8.93. The van der Waals surface area contributed by atoms with Gasteiger partial charge in [-0.2, -0.15) is 0 Å². The summed E-state index contributed by atoms with van der Waals surface area (Å²) in [6, 6.07) is 0. The van der Waals surface area contributed by atoms with Crippen molar-refractivity contribution >= 4 is 5.84 Å². The molecule has 0 unspecified atom stereocenters. The quantitative estimate of drug-likeness (QED) is 0.477. The highest BCUT2D eigenvalue weighted by Crippen LogP contribution is 2.25. The fourth-order valence-electron chi connectivity index (χ4n) is 1.96. The molecule has 1 saturated heterocycles. The zero-order chi connectivity index (χ0) is 10.1. The summed E-state index contributed by atoms with van der Waals surface area (Å²) in [5, 5.41) is 7.51. The van der Waals surface area contributed by atoms with Gasteiger partial charge in [-0.05, 0) is 39.5 Å².